The average Bonchev–Trinajstić information content (AvgIpc) is 2.70. The molecular weight excluding hydrogens is 221 g/mol. The highest BCUT2D eigenvalue weighted by Crippen LogP contribution is 2.17. The molecule has 2 unspecified atom stereocenters. The lowest BCUT2D eigenvalue weighted by atomic mass is 10.2. The van der Waals surface area contributed by atoms with E-state index in [1.54, 1.807) is 11.3 Å². The lowest BCUT2D eigenvalue weighted by Crippen LogP contribution is -2.27. The number of oxime groups is 1. The summed E-state index contributed by atoms with van der Waals surface area (Å²) < 4.78 is 4.90. The van der Waals surface area contributed by atoms with Gasteiger partial charge in [0.05, 0.1) is 19.3 Å². The van der Waals surface area contributed by atoms with Crippen molar-refractivity contribution in [2.45, 2.75) is 12.5 Å². The molecule has 0 amide bonds. The molecule has 1 saturated heterocycles. The quantitative estimate of drug-likeness (QED) is 0.200. The van der Waals surface area contributed by atoms with Crippen LogP contribution in [0.4, 0.5) is 0 Å². The fourth-order valence-corrected chi connectivity index (χ4v) is 1.43. The molecule has 1 heterocycles. The molecule has 8 heteroatoms. The fourth-order valence-electron chi connectivity index (χ4n) is 1.16. The summed E-state index contributed by atoms with van der Waals surface area (Å²) >= 11 is 0. The Hall–Kier alpha value is -0.880. The molecule has 1 fully saturated rings. The number of hydrogen-bond donors (Lipinski definition) is 3. The second kappa shape index (κ2) is 6.58. The molecule has 0 aliphatic carbocycles. The van der Waals surface area contributed by atoms with Crippen molar-refractivity contribution in [3.05, 3.63) is 12.3 Å². The highest BCUT2D eigenvalue weighted by molar-refractivity contribution is 7.24. The fraction of sp³-hybridized carbons (Fsp3) is 0.571. The summed E-state index contributed by atoms with van der Waals surface area (Å²) in [5.74, 6) is -0.00537. The summed E-state index contributed by atoms with van der Waals surface area (Å²) in [6, 6.07) is 0.0485. The van der Waals surface area contributed by atoms with Crippen molar-refractivity contribution < 1.29 is 19.5 Å². The zero-order valence-corrected chi connectivity index (χ0v) is 9.04. The second-order valence-electron chi connectivity index (χ2n) is 2.88. The molecule has 15 heavy (non-hydrogen) atoms. The van der Waals surface area contributed by atoms with E-state index in [-0.39, 0.29) is 11.9 Å². The van der Waals surface area contributed by atoms with Crippen molar-refractivity contribution >= 4 is 14.9 Å². The van der Waals surface area contributed by atoms with E-state index in [0.29, 0.717) is 13.2 Å². The summed E-state index contributed by atoms with van der Waals surface area (Å²) in [6.07, 6.45) is 3.79. The van der Waals surface area contributed by atoms with Gasteiger partial charge in [-0.2, -0.15) is 0 Å². The maximum absolute atomic E-state index is 8.53. The Morgan fingerprint density at radius 3 is 3.27 bits per heavy atom. The molecular formula is C7H14N3O4P. The van der Waals surface area contributed by atoms with E-state index >= 15 is 0 Å². The molecule has 4 N–H and O–H groups in total. The Labute approximate surface area is 89.0 Å². The van der Waals surface area contributed by atoms with Crippen LogP contribution in [0.15, 0.2) is 17.4 Å². The van der Waals surface area contributed by atoms with Gasteiger partial charge in [0.1, 0.15) is 0 Å². The number of hydrogen-bond acceptors (Lipinski definition) is 6. The van der Waals surface area contributed by atoms with Crippen LogP contribution in [0.25, 0.3) is 0 Å². The highest BCUT2D eigenvalue weighted by Gasteiger charge is 2.23. The zero-order valence-electron chi connectivity index (χ0n) is 8.04. The minimum absolute atomic E-state index is 0.00537. The molecule has 0 aromatic heterocycles. The standard InChI is InChI=1S/C7H14N3O4P/c8-7(9-11)1-3-10-6(2-4-13-10)5-14-15-12/h1,3,6,11-12,15H,2,4-5H2,(H2,8,9)/b3-1+. The molecule has 2 atom stereocenters. The van der Waals surface area contributed by atoms with E-state index in [1.165, 1.54) is 6.08 Å². The maximum Gasteiger partial charge on any atom is 0.164 e. The third-order valence-corrected chi connectivity index (χ3v) is 2.20. The van der Waals surface area contributed by atoms with Crippen molar-refractivity contribution in [1.29, 1.82) is 0 Å². The third kappa shape index (κ3) is 4.01. The van der Waals surface area contributed by atoms with E-state index < -0.39 is 9.03 Å². The zero-order chi connectivity index (χ0) is 11.1. The number of rotatable bonds is 5. The predicted molar refractivity (Wildman–Crippen MR) is 55.2 cm³/mol. The van der Waals surface area contributed by atoms with E-state index in [9.17, 15) is 0 Å². The smallest absolute Gasteiger partial charge is 0.164 e. The Morgan fingerprint density at radius 2 is 2.60 bits per heavy atom. The molecule has 0 aromatic rings. The first-order valence-corrected chi connectivity index (χ1v) is 5.21. The Bertz CT molecular complexity index is 248. The highest BCUT2D eigenvalue weighted by atomic mass is 31.1. The first-order chi connectivity index (χ1) is 7.27. The van der Waals surface area contributed by atoms with Gasteiger partial charge in [0, 0.05) is 12.3 Å². The minimum Gasteiger partial charge on any atom is -0.409 e. The minimum atomic E-state index is -0.523. The van der Waals surface area contributed by atoms with Crippen molar-refractivity contribution in [3.8, 4) is 0 Å². The molecule has 0 saturated carbocycles. The van der Waals surface area contributed by atoms with Gasteiger partial charge >= 0.3 is 0 Å². The van der Waals surface area contributed by atoms with Crippen LogP contribution in [-0.4, -0.2) is 40.3 Å². The van der Waals surface area contributed by atoms with Crippen LogP contribution in [0.3, 0.4) is 0 Å². The van der Waals surface area contributed by atoms with Crippen molar-refractivity contribution in [2.75, 3.05) is 13.2 Å². The molecule has 1 aliphatic rings. The van der Waals surface area contributed by atoms with Crippen LogP contribution in [0, 0.1) is 0 Å². The van der Waals surface area contributed by atoms with E-state index in [2.05, 4.69) is 5.16 Å². The molecule has 0 bridgehead atoms. The Balaban J connectivity index is 2.42. The van der Waals surface area contributed by atoms with E-state index in [0.717, 1.165) is 6.42 Å². The SMILES string of the molecule is NC(/C=C/N1OCCC1COPO)=NO. The second-order valence-corrected chi connectivity index (χ2v) is 3.35. The first-order valence-electron chi connectivity index (χ1n) is 4.35. The Kier molecular flexibility index (Phi) is 5.34. The van der Waals surface area contributed by atoms with Gasteiger partial charge < -0.3 is 20.4 Å². The topological polar surface area (TPSA) is 101 Å². The largest absolute Gasteiger partial charge is 0.409 e. The lowest BCUT2D eigenvalue weighted by Gasteiger charge is -2.19. The number of hydroxylamine groups is 2. The maximum atomic E-state index is 8.53. The summed E-state index contributed by atoms with van der Waals surface area (Å²) in [5.41, 5.74) is 5.26. The van der Waals surface area contributed by atoms with Crippen LogP contribution >= 0.6 is 9.03 Å². The normalized spacial score (nSPS) is 23.7. The molecule has 1 rings (SSSR count). The monoisotopic (exact) mass is 235 g/mol. The summed E-state index contributed by atoms with van der Waals surface area (Å²) in [4.78, 5) is 13.8. The first kappa shape index (κ1) is 12.2. The molecule has 0 aromatic carbocycles. The lowest BCUT2D eigenvalue weighted by molar-refractivity contribution is -0.0937. The van der Waals surface area contributed by atoms with Crippen LogP contribution in [0.1, 0.15) is 6.42 Å². The number of nitrogens with two attached hydrogens (primary N) is 1. The van der Waals surface area contributed by atoms with E-state index in [4.69, 9.17) is 25.2 Å². The van der Waals surface area contributed by atoms with Gasteiger partial charge in [-0.1, -0.05) is 5.16 Å². The summed E-state index contributed by atoms with van der Waals surface area (Å²) in [7, 11) is -0.523. The van der Waals surface area contributed by atoms with Gasteiger partial charge in [-0.3, -0.25) is 9.90 Å². The van der Waals surface area contributed by atoms with E-state index in [1.807, 2.05) is 0 Å². The predicted octanol–water partition coefficient (Wildman–Crippen LogP) is -0.230. The summed E-state index contributed by atoms with van der Waals surface area (Å²) in [6.45, 7) is 0.971. The van der Waals surface area contributed by atoms with Gasteiger partial charge in [-0.15, -0.1) is 0 Å². The van der Waals surface area contributed by atoms with Crippen LogP contribution in [0.5, 0.6) is 0 Å². The van der Waals surface area contributed by atoms with Crippen LogP contribution in [0.2, 0.25) is 0 Å². The number of nitrogens with zero attached hydrogens (tertiary/aromatic N) is 2. The van der Waals surface area contributed by atoms with Crippen molar-refractivity contribution in [3.63, 3.8) is 0 Å². The van der Waals surface area contributed by atoms with Gasteiger partial charge in [0.15, 0.2) is 14.9 Å². The third-order valence-electron chi connectivity index (χ3n) is 1.90. The van der Waals surface area contributed by atoms with Gasteiger partial charge in [-0.25, -0.2) is 0 Å². The van der Waals surface area contributed by atoms with Crippen molar-refractivity contribution in [2.24, 2.45) is 10.9 Å². The Morgan fingerprint density at radius 1 is 1.80 bits per heavy atom. The average molecular weight is 235 g/mol. The number of amidine groups is 1. The van der Waals surface area contributed by atoms with Gasteiger partial charge in [0.2, 0.25) is 0 Å². The van der Waals surface area contributed by atoms with Gasteiger partial charge in [0.25, 0.3) is 0 Å². The van der Waals surface area contributed by atoms with Crippen LogP contribution in [-0.2, 0) is 9.36 Å². The van der Waals surface area contributed by atoms with Gasteiger partial charge in [-0.05, 0) is 6.42 Å². The molecule has 7 nitrogen and oxygen atoms in total. The molecule has 1 aliphatic heterocycles. The summed E-state index contributed by atoms with van der Waals surface area (Å²) in [5, 5.41) is 12.7. The molecule has 0 radical (unpaired) electrons. The van der Waals surface area contributed by atoms with Crippen molar-refractivity contribution in [1.82, 2.24) is 5.06 Å². The molecule has 86 valence electrons. The van der Waals surface area contributed by atoms with Crippen LogP contribution < -0.4 is 5.73 Å². The molecule has 0 spiro atoms.